The molecule has 0 heterocycles. The van der Waals surface area contributed by atoms with E-state index in [2.05, 4.69) is 15.9 Å². The van der Waals surface area contributed by atoms with Gasteiger partial charge in [-0.05, 0) is 17.5 Å². The Hall–Kier alpha value is -0.450. The number of halogens is 2. The fourth-order valence-electron chi connectivity index (χ4n) is 1.53. The molecule has 0 aliphatic rings. The lowest BCUT2D eigenvalue weighted by molar-refractivity contribution is 0.0389. The third-order valence-corrected chi connectivity index (χ3v) is 3.25. The fourth-order valence-corrected chi connectivity index (χ4v) is 2.13. The largest absolute Gasteiger partial charge is 0.391 e. The maximum atomic E-state index is 13.6. The maximum Gasteiger partial charge on any atom is 0.129 e. The van der Waals surface area contributed by atoms with E-state index in [1.54, 1.807) is 12.1 Å². The number of aliphatic hydroxyl groups excluding tert-OH is 1. The third kappa shape index (κ3) is 2.81. The molecule has 0 saturated heterocycles. The van der Waals surface area contributed by atoms with Crippen LogP contribution in [0.25, 0.3) is 0 Å². The Morgan fingerprint density at radius 1 is 1.38 bits per heavy atom. The normalized spacial score (nSPS) is 15.9. The van der Waals surface area contributed by atoms with Gasteiger partial charge in [-0.2, -0.15) is 0 Å². The Bertz CT molecular complexity index is 356. The van der Waals surface area contributed by atoms with Crippen molar-refractivity contribution in [3.63, 3.8) is 0 Å². The second-order valence-electron chi connectivity index (χ2n) is 4.97. The van der Waals surface area contributed by atoms with E-state index in [0.29, 0.717) is 10.0 Å². The Morgan fingerprint density at radius 2 is 1.94 bits per heavy atom. The lowest BCUT2D eigenvalue weighted by atomic mass is 9.82. The number of hydrogen-bond donors (Lipinski definition) is 2. The number of rotatable bonds is 2. The fraction of sp³-hybridized carbons (Fsp3) is 0.500. The zero-order chi connectivity index (χ0) is 12.5. The average molecular weight is 290 g/mol. The van der Waals surface area contributed by atoms with Crippen molar-refractivity contribution in [2.24, 2.45) is 11.1 Å². The molecule has 1 rings (SSSR count). The number of hydrogen-bond acceptors (Lipinski definition) is 2. The highest BCUT2D eigenvalue weighted by molar-refractivity contribution is 9.10. The second kappa shape index (κ2) is 4.82. The molecular weight excluding hydrogens is 273 g/mol. The van der Waals surface area contributed by atoms with E-state index in [4.69, 9.17) is 5.73 Å². The van der Waals surface area contributed by atoms with Gasteiger partial charge in [-0.1, -0.05) is 42.8 Å². The van der Waals surface area contributed by atoms with E-state index in [-0.39, 0.29) is 5.41 Å². The Kier molecular flexibility index (Phi) is 4.10. The van der Waals surface area contributed by atoms with Crippen molar-refractivity contribution in [2.75, 3.05) is 0 Å². The molecule has 90 valence electrons. The Balaban J connectivity index is 3.10. The van der Waals surface area contributed by atoms with Gasteiger partial charge in [0.25, 0.3) is 0 Å². The van der Waals surface area contributed by atoms with E-state index in [1.807, 2.05) is 20.8 Å². The van der Waals surface area contributed by atoms with Crippen LogP contribution >= 0.6 is 15.9 Å². The summed E-state index contributed by atoms with van der Waals surface area (Å²) in [5.41, 5.74) is 5.84. The molecular formula is C12H17BrFNO. The second-order valence-corrected chi connectivity index (χ2v) is 5.83. The van der Waals surface area contributed by atoms with Crippen molar-refractivity contribution in [2.45, 2.75) is 32.9 Å². The summed E-state index contributed by atoms with van der Waals surface area (Å²) in [4.78, 5) is 0. The highest BCUT2D eigenvalue weighted by Gasteiger charge is 2.31. The molecule has 0 spiro atoms. The molecule has 0 unspecified atom stereocenters. The Labute approximate surface area is 104 Å². The highest BCUT2D eigenvalue weighted by atomic mass is 79.9. The molecule has 1 aromatic carbocycles. The van der Waals surface area contributed by atoms with E-state index < -0.39 is 18.0 Å². The van der Waals surface area contributed by atoms with Crippen molar-refractivity contribution < 1.29 is 9.50 Å². The van der Waals surface area contributed by atoms with Gasteiger partial charge in [0.2, 0.25) is 0 Å². The van der Waals surface area contributed by atoms with Crippen LogP contribution in [0.1, 0.15) is 32.4 Å². The third-order valence-electron chi connectivity index (χ3n) is 2.56. The molecule has 2 atom stereocenters. The van der Waals surface area contributed by atoms with Crippen molar-refractivity contribution in [3.05, 3.63) is 34.1 Å². The molecule has 0 radical (unpaired) electrons. The summed E-state index contributed by atoms with van der Waals surface area (Å²) in [6.07, 6.45) is -0.805. The topological polar surface area (TPSA) is 46.2 Å². The zero-order valence-corrected chi connectivity index (χ0v) is 11.3. The minimum atomic E-state index is -0.805. The van der Waals surface area contributed by atoms with Crippen LogP contribution in [-0.2, 0) is 0 Å². The van der Waals surface area contributed by atoms with Crippen LogP contribution in [0.15, 0.2) is 22.7 Å². The standard InChI is InChI=1S/C12H17BrFNO/c1-12(2,3)11(16)10(15)9-7(13)5-4-6-8(9)14/h4-6,10-11,16H,15H2,1-3H3/t10-,11-/m0/s1. The van der Waals surface area contributed by atoms with E-state index in [1.165, 1.54) is 6.07 Å². The van der Waals surface area contributed by atoms with Gasteiger partial charge in [0, 0.05) is 10.0 Å². The molecule has 2 nitrogen and oxygen atoms in total. The van der Waals surface area contributed by atoms with Crippen molar-refractivity contribution in [1.82, 2.24) is 0 Å². The summed E-state index contributed by atoms with van der Waals surface area (Å²) in [6.45, 7) is 5.60. The van der Waals surface area contributed by atoms with Gasteiger partial charge in [0.15, 0.2) is 0 Å². The highest BCUT2D eigenvalue weighted by Crippen LogP contribution is 2.33. The first kappa shape index (κ1) is 13.6. The monoisotopic (exact) mass is 289 g/mol. The first-order chi connectivity index (χ1) is 7.25. The smallest absolute Gasteiger partial charge is 0.129 e. The number of aliphatic hydroxyl groups is 1. The lowest BCUT2D eigenvalue weighted by Crippen LogP contribution is -2.37. The molecule has 0 amide bonds. The molecule has 3 N–H and O–H groups in total. The van der Waals surface area contributed by atoms with E-state index >= 15 is 0 Å². The lowest BCUT2D eigenvalue weighted by Gasteiger charge is -2.31. The number of nitrogens with two attached hydrogens (primary N) is 1. The summed E-state index contributed by atoms with van der Waals surface area (Å²) >= 11 is 3.25. The van der Waals surface area contributed by atoms with Gasteiger partial charge in [-0.3, -0.25) is 0 Å². The van der Waals surface area contributed by atoms with Crippen LogP contribution in [-0.4, -0.2) is 11.2 Å². The van der Waals surface area contributed by atoms with Crippen LogP contribution in [0.4, 0.5) is 4.39 Å². The zero-order valence-electron chi connectivity index (χ0n) is 9.67. The quantitative estimate of drug-likeness (QED) is 0.879. The maximum absolute atomic E-state index is 13.6. The van der Waals surface area contributed by atoms with Crippen molar-refractivity contribution in [3.8, 4) is 0 Å². The molecule has 0 aromatic heterocycles. The predicted molar refractivity (Wildman–Crippen MR) is 66.5 cm³/mol. The van der Waals surface area contributed by atoms with E-state index in [9.17, 15) is 9.50 Å². The summed E-state index contributed by atoms with van der Waals surface area (Å²) in [7, 11) is 0. The van der Waals surface area contributed by atoms with Crippen LogP contribution in [0.2, 0.25) is 0 Å². The summed E-state index contributed by atoms with van der Waals surface area (Å²) < 4.78 is 14.2. The van der Waals surface area contributed by atoms with E-state index in [0.717, 1.165) is 0 Å². The molecule has 0 fully saturated rings. The SMILES string of the molecule is CC(C)(C)[C@@H](O)[C@@H](N)c1c(F)cccc1Br. The minimum absolute atomic E-state index is 0.324. The minimum Gasteiger partial charge on any atom is -0.391 e. The molecule has 1 aromatic rings. The molecule has 4 heteroatoms. The van der Waals surface area contributed by atoms with Gasteiger partial charge < -0.3 is 10.8 Å². The Morgan fingerprint density at radius 3 is 2.38 bits per heavy atom. The molecule has 0 aliphatic heterocycles. The van der Waals surface area contributed by atoms with Crippen molar-refractivity contribution in [1.29, 1.82) is 0 Å². The van der Waals surface area contributed by atoms with Gasteiger partial charge >= 0.3 is 0 Å². The van der Waals surface area contributed by atoms with Crippen molar-refractivity contribution >= 4 is 15.9 Å². The van der Waals surface area contributed by atoms with Gasteiger partial charge in [0.05, 0.1) is 12.1 Å². The predicted octanol–water partition coefficient (Wildman–Crippen LogP) is 3.00. The number of benzene rings is 1. The van der Waals surface area contributed by atoms with Crippen LogP contribution in [0, 0.1) is 11.2 Å². The van der Waals surface area contributed by atoms with Crippen LogP contribution < -0.4 is 5.73 Å². The van der Waals surface area contributed by atoms with Gasteiger partial charge in [0.1, 0.15) is 5.82 Å². The average Bonchev–Trinajstić information content (AvgIpc) is 2.14. The molecule has 16 heavy (non-hydrogen) atoms. The van der Waals surface area contributed by atoms with Crippen LogP contribution in [0.5, 0.6) is 0 Å². The summed E-state index contributed by atoms with van der Waals surface area (Å²) in [5, 5.41) is 10.0. The molecule has 0 bridgehead atoms. The summed E-state index contributed by atoms with van der Waals surface area (Å²) in [6, 6.07) is 3.91. The summed E-state index contributed by atoms with van der Waals surface area (Å²) in [5.74, 6) is -0.398. The van der Waals surface area contributed by atoms with Gasteiger partial charge in [-0.15, -0.1) is 0 Å². The first-order valence-corrected chi connectivity index (χ1v) is 5.92. The first-order valence-electron chi connectivity index (χ1n) is 5.12. The van der Waals surface area contributed by atoms with Crippen LogP contribution in [0.3, 0.4) is 0 Å². The molecule has 0 aliphatic carbocycles. The van der Waals surface area contributed by atoms with Gasteiger partial charge in [-0.25, -0.2) is 4.39 Å². The molecule has 0 saturated carbocycles.